The van der Waals surface area contributed by atoms with Gasteiger partial charge in [-0.2, -0.15) is 4.98 Å². The minimum absolute atomic E-state index is 0.00658. The molecule has 1 aromatic heterocycles. The molecule has 1 rings (SSSR count). The highest BCUT2D eigenvalue weighted by Crippen LogP contribution is 2.27. The van der Waals surface area contributed by atoms with Gasteiger partial charge in [-0.1, -0.05) is 18.5 Å². The van der Waals surface area contributed by atoms with Crippen LogP contribution in [0.4, 0.5) is 0 Å². The van der Waals surface area contributed by atoms with E-state index in [2.05, 4.69) is 16.9 Å². The van der Waals surface area contributed by atoms with Crippen LogP contribution < -0.4 is 10.5 Å². The second-order valence-electron chi connectivity index (χ2n) is 3.46. The van der Waals surface area contributed by atoms with Crippen LogP contribution in [0.1, 0.15) is 31.9 Å². The largest absolute Gasteiger partial charge is 0.467 e. The maximum absolute atomic E-state index is 6.03. The van der Waals surface area contributed by atoms with Crippen LogP contribution in [0.2, 0.25) is 5.02 Å². The van der Waals surface area contributed by atoms with E-state index in [4.69, 9.17) is 22.1 Å². The van der Waals surface area contributed by atoms with E-state index in [9.17, 15) is 0 Å². The van der Waals surface area contributed by atoms with Crippen molar-refractivity contribution in [1.29, 1.82) is 0 Å². The smallest absolute Gasteiger partial charge is 0.316 e. The monoisotopic (exact) mass is 229 g/mol. The van der Waals surface area contributed by atoms with Gasteiger partial charge in [0.15, 0.2) is 0 Å². The first-order valence-corrected chi connectivity index (χ1v) is 5.30. The third-order valence-corrected chi connectivity index (χ3v) is 2.65. The molecular weight excluding hydrogens is 214 g/mol. The Morgan fingerprint density at radius 1 is 1.60 bits per heavy atom. The van der Waals surface area contributed by atoms with E-state index in [0.29, 0.717) is 11.0 Å². The van der Waals surface area contributed by atoms with Crippen LogP contribution in [0.5, 0.6) is 6.01 Å². The number of hydrogen-bond acceptors (Lipinski definition) is 4. The molecule has 0 aliphatic carbocycles. The molecule has 15 heavy (non-hydrogen) atoms. The van der Waals surface area contributed by atoms with Crippen molar-refractivity contribution in [1.82, 2.24) is 9.97 Å². The van der Waals surface area contributed by atoms with Crippen molar-refractivity contribution in [2.24, 2.45) is 5.73 Å². The van der Waals surface area contributed by atoms with Crippen molar-refractivity contribution in [3.05, 3.63) is 16.9 Å². The minimum atomic E-state index is 0.00658. The molecule has 0 bridgehead atoms. The second-order valence-corrected chi connectivity index (χ2v) is 3.87. The first kappa shape index (κ1) is 12.2. The predicted molar refractivity (Wildman–Crippen MR) is 60.3 cm³/mol. The molecule has 0 aromatic carbocycles. The van der Waals surface area contributed by atoms with Crippen molar-refractivity contribution < 1.29 is 4.74 Å². The number of hydrogen-bond donors (Lipinski definition) is 1. The Kier molecular flexibility index (Phi) is 4.29. The molecule has 1 aromatic rings. The molecule has 0 fully saturated rings. The third-order valence-electron chi connectivity index (χ3n) is 2.36. The summed E-state index contributed by atoms with van der Waals surface area (Å²) >= 11 is 6.03. The Balaban J connectivity index is 3.09. The fourth-order valence-electron chi connectivity index (χ4n) is 1.54. The van der Waals surface area contributed by atoms with Crippen LogP contribution in [-0.4, -0.2) is 23.1 Å². The van der Waals surface area contributed by atoms with Gasteiger partial charge in [0.1, 0.15) is 0 Å². The molecule has 0 saturated carbocycles. The quantitative estimate of drug-likeness (QED) is 0.858. The topological polar surface area (TPSA) is 61.0 Å². The van der Waals surface area contributed by atoms with E-state index in [1.807, 2.05) is 6.92 Å². The summed E-state index contributed by atoms with van der Waals surface area (Å²) in [5, 5.41) is 0.542. The van der Waals surface area contributed by atoms with Gasteiger partial charge in [-0.15, -0.1) is 0 Å². The molecule has 0 radical (unpaired) electrons. The van der Waals surface area contributed by atoms with E-state index in [1.165, 1.54) is 7.11 Å². The summed E-state index contributed by atoms with van der Waals surface area (Å²) in [5.41, 5.74) is 6.64. The molecule has 0 saturated heterocycles. The van der Waals surface area contributed by atoms with Crippen molar-refractivity contribution in [2.75, 3.05) is 7.11 Å². The number of nitrogens with zero attached hydrogens (tertiary/aromatic N) is 2. The molecule has 2 atom stereocenters. The van der Waals surface area contributed by atoms with E-state index >= 15 is 0 Å². The maximum Gasteiger partial charge on any atom is 0.316 e. The zero-order valence-corrected chi connectivity index (χ0v) is 9.95. The summed E-state index contributed by atoms with van der Waals surface area (Å²) in [5.74, 6) is 0.134. The summed E-state index contributed by atoms with van der Waals surface area (Å²) in [6.45, 7) is 4.00. The Morgan fingerprint density at radius 2 is 2.27 bits per heavy atom. The fraction of sp³-hybridized carbons (Fsp3) is 0.600. The Bertz CT molecular complexity index is 330. The van der Waals surface area contributed by atoms with Crippen LogP contribution in [0.3, 0.4) is 0 Å². The van der Waals surface area contributed by atoms with Crippen molar-refractivity contribution in [3.63, 3.8) is 0 Å². The Labute approximate surface area is 94.8 Å². The molecule has 4 nitrogen and oxygen atoms in total. The summed E-state index contributed by atoms with van der Waals surface area (Å²) in [4.78, 5) is 8.17. The average molecular weight is 230 g/mol. The van der Waals surface area contributed by atoms with Crippen molar-refractivity contribution >= 4 is 11.6 Å². The van der Waals surface area contributed by atoms with Crippen LogP contribution in [0.25, 0.3) is 0 Å². The van der Waals surface area contributed by atoms with Gasteiger partial charge in [0.05, 0.1) is 24.0 Å². The number of nitrogens with two attached hydrogens (primary N) is 1. The predicted octanol–water partition coefficient (Wildman–Crippen LogP) is 1.98. The SMILES string of the molecule is CCC(c1nc(OC)ncc1Cl)C(C)N. The van der Waals surface area contributed by atoms with Gasteiger partial charge < -0.3 is 10.5 Å². The van der Waals surface area contributed by atoms with Crippen LogP contribution in [-0.2, 0) is 0 Å². The van der Waals surface area contributed by atoms with E-state index in [0.717, 1.165) is 12.1 Å². The fourth-order valence-corrected chi connectivity index (χ4v) is 1.77. The zero-order valence-electron chi connectivity index (χ0n) is 9.20. The summed E-state index contributed by atoms with van der Waals surface area (Å²) in [6, 6.07) is 0.334. The van der Waals surface area contributed by atoms with Crippen LogP contribution in [0, 0.1) is 0 Å². The molecule has 84 valence electrons. The molecule has 0 aliphatic heterocycles. The molecule has 0 amide bonds. The van der Waals surface area contributed by atoms with E-state index < -0.39 is 0 Å². The normalized spacial score (nSPS) is 14.7. The third kappa shape index (κ3) is 2.79. The number of halogens is 1. The highest BCUT2D eigenvalue weighted by atomic mass is 35.5. The number of methoxy groups -OCH3 is 1. The van der Waals surface area contributed by atoms with Gasteiger partial charge >= 0.3 is 6.01 Å². The Morgan fingerprint density at radius 3 is 2.73 bits per heavy atom. The molecule has 0 spiro atoms. The molecule has 0 aliphatic rings. The van der Waals surface area contributed by atoms with E-state index in [-0.39, 0.29) is 12.0 Å². The first-order valence-electron chi connectivity index (χ1n) is 4.92. The van der Waals surface area contributed by atoms with Crippen molar-refractivity contribution in [3.8, 4) is 6.01 Å². The molecule has 2 N–H and O–H groups in total. The van der Waals surface area contributed by atoms with Gasteiger partial charge in [0.25, 0.3) is 0 Å². The van der Waals surface area contributed by atoms with Gasteiger partial charge in [-0.25, -0.2) is 4.98 Å². The highest BCUT2D eigenvalue weighted by molar-refractivity contribution is 6.31. The van der Waals surface area contributed by atoms with Crippen LogP contribution in [0.15, 0.2) is 6.20 Å². The lowest BCUT2D eigenvalue weighted by atomic mass is 9.95. The lowest BCUT2D eigenvalue weighted by molar-refractivity contribution is 0.375. The van der Waals surface area contributed by atoms with Gasteiger partial charge in [-0.05, 0) is 13.3 Å². The van der Waals surface area contributed by atoms with Gasteiger partial charge in [0.2, 0.25) is 0 Å². The highest BCUT2D eigenvalue weighted by Gasteiger charge is 2.19. The molecular formula is C10H16ClN3O. The van der Waals surface area contributed by atoms with Crippen LogP contribution >= 0.6 is 11.6 Å². The molecule has 5 heteroatoms. The zero-order chi connectivity index (χ0) is 11.4. The summed E-state index contributed by atoms with van der Waals surface area (Å²) in [7, 11) is 1.53. The standard InChI is InChI=1S/C10H16ClN3O/c1-4-7(6(2)12)9-8(11)5-13-10(14-9)15-3/h5-7H,4,12H2,1-3H3. The first-order chi connectivity index (χ1) is 7.10. The molecule has 1 heterocycles. The lowest BCUT2D eigenvalue weighted by Gasteiger charge is -2.19. The number of rotatable bonds is 4. The maximum atomic E-state index is 6.03. The Hall–Kier alpha value is -0.870. The van der Waals surface area contributed by atoms with Crippen molar-refractivity contribution in [2.45, 2.75) is 32.2 Å². The molecule has 2 unspecified atom stereocenters. The number of ether oxygens (including phenoxy) is 1. The average Bonchev–Trinajstić information content (AvgIpc) is 2.21. The summed E-state index contributed by atoms with van der Waals surface area (Å²) in [6.07, 6.45) is 2.44. The van der Waals surface area contributed by atoms with Gasteiger partial charge in [0, 0.05) is 12.0 Å². The lowest BCUT2D eigenvalue weighted by Crippen LogP contribution is -2.25. The van der Waals surface area contributed by atoms with Gasteiger partial charge in [-0.3, -0.25) is 0 Å². The van der Waals surface area contributed by atoms with E-state index in [1.54, 1.807) is 6.20 Å². The minimum Gasteiger partial charge on any atom is -0.467 e. The number of aromatic nitrogens is 2. The second kappa shape index (κ2) is 5.28. The summed E-state index contributed by atoms with van der Waals surface area (Å²) < 4.78 is 4.96.